The number of aryl methyl sites for hydroxylation is 1. The summed E-state index contributed by atoms with van der Waals surface area (Å²) in [6.45, 7) is 3.13. The Hall–Kier alpha value is -1.22. The fourth-order valence-electron chi connectivity index (χ4n) is 2.65. The van der Waals surface area contributed by atoms with E-state index in [2.05, 4.69) is 59.3 Å². The van der Waals surface area contributed by atoms with Crippen molar-refractivity contribution in [3.63, 3.8) is 0 Å². The monoisotopic (exact) mass is 272 g/mol. The second-order valence-corrected chi connectivity index (χ2v) is 6.61. The average molecular weight is 272 g/mol. The molecule has 0 aliphatic carbocycles. The molecule has 2 aromatic rings. The first-order valence-corrected chi connectivity index (χ1v) is 8.10. The Morgan fingerprint density at radius 3 is 3.05 bits per heavy atom. The van der Waals surface area contributed by atoms with Crippen LogP contribution in [0.3, 0.4) is 0 Å². The van der Waals surface area contributed by atoms with E-state index in [1.54, 1.807) is 0 Å². The summed E-state index contributed by atoms with van der Waals surface area (Å²) in [5.41, 5.74) is 3.40. The quantitative estimate of drug-likeness (QED) is 0.904. The third-order valence-electron chi connectivity index (χ3n) is 3.64. The van der Waals surface area contributed by atoms with Crippen LogP contribution in [0.15, 0.2) is 30.3 Å². The average Bonchev–Trinajstić information content (AvgIpc) is 2.45. The standard InChI is InChI=1S/C16H20N2S/c1-12-10-16(14-7-2-3-8-15(14)18-12)17-11-13-6-4-5-9-19-13/h2-3,7-8,10,13H,4-6,9,11H2,1H3,(H,17,18). The maximum Gasteiger partial charge on any atom is 0.0725 e. The van der Waals surface area contributed by atoms with Gasteiger partial charge in [-0.3, -0.25) is 4.98 Å². The summed E-state index contributed by atoms with van der Waals surface area (Å²) in [4.78, 5) is 4.59. The van der Waals surface area contributed by atoms with Gasteiger partial charge in [0.15, 0.2) is 0 Å². The van der Waals surface area contributed by atoms with Gasteiger partial charge >= 0.3 is 0 Å². The maximum atomic E-state index is 4.59. The van der Waals surface area contributed by atoms with E-state index in [1.807, 2.05) is 0 Å². The molecule has 0 amide bonds. The molecule has 1 N–H and O–H groups in total. The first-order valence-electron chi connectivity index (χ1n) is 7.05. The molecule has 1 fully saturated rings. The number of thioether (sulfide) groups is 1. The van der Waals surface area contributed by atoms with Gasteiger partial charge < -0.3 is 5.32 Å². The molecule has 1 aromatic heterocycles. The van der Waals surface area contributed by atoms with Gasteiger partial charge in [-0.25, -0.2) is 0 Å². The summed E-state index contributed by atoms with van der Waals surface area (Å²) in [6, 6.07) is 10.5. The van der Waals surface area contributed by atoms with Crippen LogP contribution in [0.1, 0.15) is 25.0 Å². The number of nitrogens with zero attached hydrogens (tertiary/aromatic N) is 1. The SMILES string of the molecule is Cc1cc(NCC2CCCCS2)c2ccccc2n1. The van der Waals surface area contributed by atoms with E-state index in [9.17, 15) is 0 Å². The normalized spacial score (nSPS) is 19.5. The number of hydrogen-bond donors (Lipinski definition) is 1. The van der Waals surface area contributed by atoms with Gasteiger partial charge in [0.05, 0.1) is 5.52 Å². The van der Waals surface area contributed by atoms with Gasteiger partial charge in [-0.1, -0.05) is 24.6 Å². The number of nitrogens with one attached hydrogen (secondary N) is 1. The van der Waals surface area contributed by atoms with Crippen LogP contribution in [0.5, 0.6) is 0 Å². The van der Waals surface area contributed by atoms with Crippen LogP contribution in [-0.4, -0.2) is 22.5 Å². The maximum absolute atomic E-state index is 4.59. The van der Waals surface area contributed by atoms with Crippen LogP contribution in [0, 0.1) is 6.92 Å². The second kappa shape index (κ2) is 5.83. The van der Waals surface area contributed by atoms with Crippen molar-refractivity contribution in [3.8, 4) is 0 Å². The molecular formula is C16H20N2S. The van der Waals surface area contributed by atoms with Gasteiger partial charge in [-0.05, 0) is 37.7 Å². The summed E-state index contributed by atoms with van der Waals surface area (Å²) < 4.78 is 0. The Morgan fingerprint density at radius 2 is 2.21 bits per heavy atom. The van der Waals surface area contributed by atoms with Crippen molar-refractivity contribution in [2.45, 2.75) is 31.4 Å². The Bertz CT molecular complexity index is 562. The highest BCUT2D eigenvalue weighted by Gasteiger charge is 2.14. The van der Waals surface area contributed by atoms with E-state index < -0.39 is 0 Å². The number of benzene rings is 1. The lowest BCUT2D eigenvalue weighted by Gasteiger charge is -2.22. The molecule has 0 radical (unpaired) electrons. The highest BCUT2D eigenvalue weighted by Crippen LogP contribution is 2.27. The lowest BCUT2D eigenvalue weighted by molar-refractivity contribution is 0.678. The molecule has 100 valence electrons. The van der Waals surface area contributed by atoms with Crippen molar-refractivity contribution in [2.75, 3.05) is 17.6 Å². The molecule has 0 spiro atoms. The Kier molecular flexibility index (Phi) is 3.92. The van der Waals surface area contributed by atoms with Gasteiger partial charge in [-0.2, -0.15) is 11.8 Å². The fraction of sp³-hybridized carbons (Fsp3) is 0.438. The molecular weight excluding hydrogens is 252 g/mol. The minimum absolute atomic E-state index is 0.765. The number of para-hydroxylation sites is 1. The smallest absolute Gasteiger partial charge is 0.0725 e. The van der Waals surface area contributed by atoms with E-state index in [-0.39, 0.29) is 0 Å². The molecule has 1 atom stereocenters. The lowest BCUT2D eigenvalue weighted by atomic mass is 10.1. The molecule has 3 rings (SSSR count). The van der Waals surface area contributed by atoms with Gasteiger partial charge in [0, 0.05) is 28.6 Å². The van der Waals surface area contributed by atoms with Crippen molar-refractivity contribution >= 4 is 28.4 Å². The molecule has 0 saturated carbocycles. The highest BCUT2D eigenvalue weighted by atomic mass is 32.2. The Labute approximate surface area is 119 Å². The fourth-order valence-corrected chi connectivity index (χ4v) is 3.88. The summed E-state index contributed by atoms with van der Waals surface area (Å²) in [6.07, 6.45) is 4.12. The van der Waals surface area contributed by atoms with E-state index >= 15 is 0 Å². The molecule has 2 nitrogen and oxygen atoms in total. The number of fused-ring (bicyclic) bond motifs is 1. The van der Waals surface area contributed by atoms with Crippen LogP contribution in [0.2, 0.25) is 0 Å². The van der Waals surface area contributed by atoms with Gasteiger partial charge in [0.2, 0.25) is 0 Å². The molecule has 0 bridgehead atoms. The van der Waals surface area contributed by atoms with Gasteiger partial charge in [0.1, 0.15) is 0 Å². The molecule has 3 heteroatoms. The molecule has 1 saturated heterocycles. The van der Waals surface area contributed by atoms with Crippen molar-refractivity contribution < 1.29 is 0 Å². The zero-order chi connectivity index (χ0) is 13.1. The number of pyridine rings is 1. The molecule has 1 aromatic carbocycles. The van der Waals surface area contributed by atoms with E-state index in [0.29, 0.717) is 0 Å². The largest absolute Gasteiger partial charge is 0.383 e. The topological polar surface area (TPSA) is 24.9 Å². The lowest BCUT2D eigenvalue weighted by Crippen LogP contribution is -2.20. The van der Waals surface area contributed by atoms with Gasteiger partial charge in [0.25, 0.3) is 0 Å². The molecule has 1 aliphatic rings. The number of aromatic nitrogens is 1. The summed E-state index contributed by atoms with van der Waals surface area (Å²) >= 11 is 2.11. The molecule has 1 unspecified atom stereocenters. The zero-order valence-corrected chi connectivity index (χ0v) is 12.2. The van der Waals surface area contributed by atoms with E-state index in [1.165, 1.54) is 36.1 Å². The third kappa shape index (κ3) is 3.03. The van der Waals surface area contributed by atoms with Crippen molar-refractivity contribution in [1.82, 2.24) is 4.98 Å². The summed E-state index contributed by atoms with van der Waals surface area (Å²) in [7, 11) is 0. The Balaban J connectivity index is 1.79. The second-order valence-electron chi connectivity index (χ2n) is 5.20. The van der Waals surface area contributed by atoms with Crippen LogP contribution < -0.4 is 5.32 Å². The predicted molar refractivity (Wildman–Crippen MR) is 85.1 cm³/mol. The van der Waals surface area contributed by atoms with E-state index in [4.69, 9.17) is 0 Å². The first kappa shape index (κ1) is 12.8. The Morgan fingerprint density at radius 1 is 1.32 bits per heavy atom. The highest BCUT2D eigenvalue weighted by molar-refractivity contribution is 7.99. The van der Waals surface area contributed by atoms with Crippen molar-refractivity contribution in [1.29, 1.82) is 0 Å². The van der Waals surface area contributed by atoms with Crippen molar-refractivity contribution in [2.24, 2.45) is 0 Å². The minimum atomic E-state index is 0.765. The van der Waals surface area contributed by atoms with E-state index in [0.717, 1.165) is 23.0 Å². The number of hydrogen-bond acceptors (Lipinski definition) is 3. The van der Waals surface area contributed by atoms with Crippen LogP contribution in [0.25, 0.3) is 10.9 Å². The van der Waals surface area contributed by atoms with Crippen LogP contribution in [0.4, 0.5) is 5.69 Å². The minimum Gasteiger partial charge on any atom is -0.383 e. The predicted octanol–water partition coefficient (Wildman–Crippen LogP) is 4.24. The third-order valence-corrected chi connectivity index (χ3v) is 5.04. The molecule has 19 heavy (non-hydrogen) atoms. The van der Waals surface area contributed by atoms with Gasteiger partial charge in [-0.15, -0.1) is 0 Å². The first-order chi connectivity index (χ1) is 9.33. The van der Waals surface area contributed by atoms with Crippen LogP contribution >= 0.6 is 11.8 Å². The molecule has 2 heterocycles. The summed E-state index contributed by atoms with van der Waals surface area (Å²) in [5, 5.41) is 5.63. The van der Waals surface area contributed by atoms with Crippen molar-refractivity contribution in [3.05, 3.63) is 36.0 Å². The summed E-state index contributed by atoms with van der Waals surface area (Å²) in [5.74, 6) is 1.32. The number of rotatable bonds is 3. The molecule has 1 aliphatic heterocycles. The van der Waals surface area contributed by atoms with Crippen LogP contribution in [-0.2, 0) is 0 Å². The number of anilines is 1. The zero-order valence-electron chi connectivity index (χ0n) is 11.4.